The van der Waals surface area contributed by atoms with Crippen LogP contribution in [-0.2, 0) is 28.6 Å². The molecule has 0 spiro atoms. The molecule has 0 saturated carbocycles. The molecule has 0 aromatic rings. The topological polar surface area (TPSA) is 78.9 Å². The monoisotopic (exact) mass is 881 g/mol. The molecule has 0 aromatic carbocycles. The zero-order valence-electron chi connectivity index (χ0n) is 41.6. The zero-order chi connectivity index (χ0) is 45.8. The standard InChI is InChI=1S/C57H100O6/c1-4-7-10-13-16-19-22-25-27-28-30-32-35-38-41-44-47-50-56(59)62-53-54(52-61-55(58)49-46-43-40-37-34-31-24-21-18-15-12-9-6-3)63-57(60)51-48-45-42-39-36-33-29-26-23-20-17-14-11-8-5-2/h20,23,25,27,30-32,34,38,41,54H,4-19,21-22,24,26,28-29,33,35-37,39-40,42-53H2,1-3H3/b23-20-,27-25-,32-30-,34-31-,41-38-. The molecule has 0 aliphatic rings. The SMILES string of the molecule is CCCCCC/C=C\CCCCCCCCCC(=O)OC(COC(=O)CCC/C=C\C/C=C\C/C=C\CCCCCCCC)COC(=O)CCCCC/C=C\CCCCCCCC. The third-order valence-corrected chi connectivity index (χ3v) is 11.5. The molecule has 364 valence electrons. The van der Waals surface area contributed by atoms with Crippen molar-refractivity contribution in [1.29, 1.82) is 0 Å². The summed E-state index contributed by atoms with van der Waals surface area (Å²) >= 11 is 0. The Morgan fingerprint density at radius 1 is 0.317 bits per heavy atom. The van der Waals surface area contributed by atoms with Crippen LogP contribution >= 0.6 is 0 Å². The molecule has 0 aromatic heterocycles. The Morgan fingerprint density at radius 3 is 1.00 bits per heavy atom. The Morgan fingerprint density at radius 2 is 0.587 bits per heavy atom. The van der Waals surface area contributed by atoms with Crippen LogP contribution in [0.1, 0.15) is 265 Å². The van der Waals surface area contributed by atoms with Gasteiger partial charge < -0.3 is 14.2 Å². The lowest BCUT2D eigenvalue weighted by Crippen LogP contribution is -2.30. The number of rotatable bonds is 48. The Kier molecular flexibility index (Phi) is 49.4. The molecule has 0 saturated heterocycles. The van der Waals surface area contributed by atoms with E-state index in [-0.39, 0.29) is 37.5 Å². The lowest BCUT2D eigenvalue weighted by atomic mass is 10.1. The van der Waals surface area contributed by atoms with Crippen LogP contribution in [0.5, 0.6) is 0 Å². The first-order chi connectivity index (χ1) is 31.0. The van der Waals surface area contributed by atoms with Gasteiger partial charge in [0.15, 0.2) is 6.10 Å². The number of esters is 3. The maximum Gasteiger partial charge on any atom is 0.306 e. The van der Waals surface area contributed by atoms with Gasteiger partial charge >= 0.3 is 17.9 Å². The molecule has 1 unspecified atom stereocenters. The number of ether oxygens (including phenoxy) is 3. The lowest BCUT2D eigenvalue weighted by molar-refractivity contribution is -0.167. The molecular formula is C57H100O6. The number of carbonyl (C=O) groups is 3. The third-order valence-electron chi connectivity index (χ3n) is 11.5. The summed E-state index contributed by atoms with van der Waals surface area (Å²) in [6.07, 6.45) is 63.5. The van der Waals surface area contributed by atoms with Crippen LogP contribution in [0.4, 0.5) is 0 Å². The number of allylic oxidation sites excluding steroid dienone is 10. The van der Waals surface area contributed by atoms with E-state index in [2.05, 4.69) is 81.5 Å². The maximum absolute atomic E-state index is 12.8. The van der Waals surface area contributed by atoms with E-state index < -0.39 is 6.10 Å². The number of unbranched alkanes of at least 4 members (excludes halogenated alkanes) is 27. The molecule has 0 aliphatic carbocycles. The van der Waals surface area contributed by atoms with Gasteiger partial charge in [-0.3, -0.25) is 14.4 Å². The van der Waals surface area contributed by atoms with Crippen molar-refractivity contribution in [2.45, 2.75) is 271 Å². The van der Waals surface area contributed by atoms with E-state index in [9.17, 15) is 14.4 Å². The van der Waals surface area contributed by atoms with Crippen LogP contribution in [0.15, 0.2) is 60.8 Å². The predicted molar refractivity (Wildman–Crippen MR) is 270 cm³/mol. The van der Waals surface area contributed by atoms with Gasteiger partial charge in [0.25, 0.3) is 0 Å². The summed E-state index contributed by atoms with van der Waals surface area (Å²) in [6, 6.07) is 0. The van der Waals surface area contributed by atoms with Crippen molar-refractivity contribution in [3.05, 3.63) is 60.8 Å². The largest absolute Gasteiger partial charge is 0.462 e. The van der Waals surface area contributed by atoms with Crippen molar-refractivity contribution in [2.24, 2.45) is 0 Å². The van der Waals surface area contributed by atoms with Gasteiger partial charge in [0.1, 0.15) is 13.2 Å². The van der Waals surface area contributed by atoms with Crippen LogP contribution in [0, 0.1) is 0 Å². The summed E-state index contributed by atoms with van der Waals surface area (Å²) in [5, 5.41) is 0. The van der Waals surface area contributed by atoms with Crippen molar-refractivity contribution in [3.8, 4) is 0 Å². The fraction of sp³-hybridized carbons (Fsp3) is 0.772. The number of hydrogen-bond donors (Lipinski definition) is 0. The molecule has 63 heavy (non-hydrogen) atoms. The zero-order valence-corrected chi connectivity index (χ0v) is 41.6. The van der Waals surface area contributed by atoms with E-state index in [4.69, 9.17) is 14.2 Å². The fourth-order valence-electron chi connectivity index (χ4n) is 7.39. The highest BCUT2D eigenvalue weighted by molar-refractivity contribution is 5.71. The van der Waals surface area contributed by atoms with E-state index in [0.29, 0.717) is 19.3 Å². The average molecular weight is 881 g/mol. The van der Waals surface area contributed by atoms with E-state index in [1.807, 2.05) is 0 Å². The Hall–Kier alpha value is -2.89. The molecule has 0 rings (SSSR count). The molecule has 0 heterocycles. The summed E-state index contributed by atoms with van der Waals surface area (Å²) < 4.78 is 16.8. The number of hydrogen-bond acceptors (Lipinski definition) is 6. The van der Waals surface area contributed by atoms with Gasteiger partial charge in [-0.25, -0.2) is 0 Å². The van der Waals surface area contributed by atoms with Gasteiger partial charge in [0.2, 0.25) is 0 Å². The fourth-order valence-corrected chi connectivity index (χ4v) is 7.39. The first-order valence-electron chi connectivity index (χ1n) is 26.8. The molecule has 6 nitrogen and oxygen atoms in total. The molecule has 0 fully saturated rings. The summed E-state index contributed by atoms with van der Waals surface area (Å²) in [4.78, 5) is 38.0. The molecule has 0 bridgehead atoms. The Bertz CT molecular complexity index is 1150. The molecule has 0 aliphatic heterocycles. The quantitative estimate of drug-likeness (QED) is 0.0262. The summed E-state index contributed by atoms with van der Waals surface area (Å²) in [6.45, 7) is 6.56. The van der Waals surface area contributed by atoms with Crippen LogP contribution in [0.3, 0.4) is 0 Å². The Labute approximate surface area is 390 Å². The molecule has 6 heteroatoms. The smallest absolute Gasteiger partial charge is 0.306 e. The van der Waals surface area contributed by atoms with Gasteiger partial charge in [0, 0.05) is 19.3 Å². The van der Waals surface area contributed by atoms with E-state index in [0.717, 1.165) is 70.6 Å². The van der Waals surface area contributed by atoms with Crippen LogP contribution in [-0.4, -0.2) is 37.2 Å². The molecule has 0 radical (unpaired) electrons. The minimum absolute atomic E-state index is 0.0990. The second kappa shape index (κ2) is 51.7. The first kappa shape index (κ1) is 60.1. The van der Waals surface area contributed by atoms with Gasteiger partial charge in [-0.1, -0.05) is 204 Å². The van der Waals surface area contributed by atoms with E-state index >= 15 is 0 Å². The molecule has 1 atom stereocenters. The summed E-state index contributed by atoms with van der Waals surface area (Å²) in [5.41, 5.74) is 0. The van der Waals surface area contributed by atoms with Gasteiger partial charge in [-0.2, -0.15) is 0 Å². The van der Waals surface area contributed by atoms with Gasteiger partial charge in [0.05, 0.1) is 0 Å². The molecular weight excluding hydrogens is 781 g/mol. The van der Waals surface area contributed by atoms with Crippen molar-refractivity contribution in [2.75, 3.05) is 13.2 Å². The second-order valence-electron chi connectivity index (χ2n) is 17.8. The number of carbonyl (C=O) groups excluding carboxylic acids is 3. The van der Waals surface area contributed by atoms with Crippen LogP contribution in [0.2, 0.25) is 0 Å². The third kappa shape index (κ3) is 50.0. The summed E-state index contributed by atoms with van der Waals surface area (Å²) in [5.74, 6) is -0.967. The highest BCUT2D eigenvalue weighted by atomic mass is 16.6. The van der Waals surface area contributed by atoms with Crippen LogP contribution < -0.4 is 0 Å². The van der Waals surface area contributed by atoms with Crippen molar-refractivity contribution in [1.82, 2.24) is 0 Å². The lowest BCUT2D eigenvalue weighted by Gasteiger charge is -2.18. The molecule has 0 amide bonds. The van der Waals surface area contributed by atoms with Gasteiger partial charge in [-0.05, 0) is 103 Å². The van der Waals surface area contributed by atoms with Crippen molar-refractivity contribution in [3.63, 3.8) is 0 Å². The average Bonchev–Trinajstić information content (AvgIpc) is 3.28. The highest BCUT2D eigenvalue weighted by Gasteiger charge is 2.19. The predicted octanol–water partition coefficient (Wildman–Crippen LogP) is 17.6. The molecule has 0 N–H and O–H groups in total. The minimum Gasteiger partial charge on any atom is -0.462 e. The van der Waals surface area contributed by atoms with Crippen molar-refractivity contribution < 1.29 is 28.6 Å². The van der Waals surface area contributed by atoms with Gasteiger partial charge in [-0.15, -0.1) is 0 Å². The Balaban J connectivity index is 4.47. The highest BCUT2D eigenvalue weighted by Crippen LogP contribution is 2.14. The van der Waals surface area contributed by atoms with Crippen LogP contribution in [0.25, 0.3) is 0 Å². The summed E-state index contributed by atoms with van der Waals surface area (Å²) in [7, 11) is 0. The first-order valence-corrected chi connectivity index (χ1v) is 26.8. The normalized spacial score (nSPS) is 12.5. The van der Waals surface area contributed by atoms with Crippen molar-refractivity contribution >= 4 is 17.9 Å². The minimum atomic E-state index is -0.801. The van der Waals surface area contributed by atoms with E-state index in [1.54, 1.807) is 0 Å². The van der Waals surface area contributed by atoms with E-state index in [1.165, 1.54) is 148 Å². The second-order valence-corrected chi connectivity index (χ2v) is 17.8. The maximum atomic E-state index is 12.8.